The van der Waals surface area contributed by atoms with Gasteiger partial charge in [0.2, 0.25) is 0 Å². The fourth-order valence-corrected chi connectivity index (χ4v) is 2.74. The number of rotatable bonds is 5. The van der Waals surface area contributed by atoms with E-state index in [-0.39, 0.29) is 11.6 Å². The lowest BCUT2D eigenvalue weighted by molar-refractivity contribution is -0.0897. The standard InChI is InChI=1S/C15H23NO2/c1-11-5-6-13(17-2)12(9-11)10-14(16)15(18-3)7-4-8-15/h5-6,9,14H,4,7-8,10,16H2,1-3H3. The van der Waals surface area contributed by atoms with Crippen LogP contribution in [0.5, 0.6) is 5.75 Å². The third-order valence-corrected chi connectivity index (χ3v) is 4.16. The quantitative estimate of drug-likeness (QED) is 0.871. The third kappa shape index (κ3) is 2.38. The van der Waals surface area contributed by atoms with Crippen LogP contribution in [-0.4, -0.2) is 25.9 Å². The lowest BCUT2D eigenvalue weighted by Crippen LogP contribution is -2.55. The fraction of sp³-hybridized carbons (Fsp3) is 0.600. The van der Waals surface area contributed by atoms with Crippen molar-refractivity contribution < 1.29 is 9.47 Å². The van der Waals surface area contributed by atoms with Crippen LogP contribution in [0.4, 0.5) is 0 Å². The second kappa shape index (κ2) is 5.29. The topological polar surface area (TPSA) is 44.5 Å². The lowest BCUT2D eigenvalue weighted by atomic mass is 9.73. The van der Waals surface area contributed by atoms with Crippen molar-refractivity contribution in [1.29, 1.82) is 0 Å². The minimum Gasteiger partial charge on any atom is -0.496 e. The number of ether oxygens (including phenoxy) is 2. The van der Waals surface area contributed by atoms with Crippen LogP contribution in [0.15, 0.2) is 18.2 Å². The summed E-state index contributed by atoms with van der Waals surface area (Å²) in [5.74, 6) is 0.918. The number of hydrogen-bond acceptors (Lipinski definition) is 3. The molecule has 0 saturated heterocycles. The van der Waals surface area contributed by atoms with Crippen molar-refractivity contribution in [2.24, 2.45) is 5.73 Å². The molecule has 0 aromatic heterocycles. The zero-order valence-electron chi connectivity index (χ0n) is 11.5. The molecule has 0 heterocycles. The van der Waals surface area contributed by atoms with Gasteiger partial charge in [-0.3, -0.25) is 0 Å². The molecule has 2 N–H and O–H groups in total. The Morgan fingerprint density at radius 2 is 2.06 bits per heavy atom. The Bertz CT molecular complexity index is 407. The average Bonchev–Trinajstić information content (AvgIpc) is 2.28. The highest BCUT2D eigenvalue weighted by molar-refractivity contribution is 5.37. The molecule has 0 amide bonds. The maximum absolute atomic E-state index is 6.35. The summed E-state index contributed by atoms with van der Waals surface area (Å²) in [5.41, 5.74) is 8.64. The first-order valence-corrected chi connectivity index (χ1v) is 6.55. The molecule has 1 atom stereocenters. The molecule has 1 aromatic carbocycles. The molecule has 1 fully saturated rings. The molecule has 1 aliphatic rings. The molecule has 1 unspecified atom stereocenters. The van der Waals surface area contributed by atoms with Crippen molar-refractivity contribution in [3.8, 4) is 5.75 Å². The van der Waals surface area contributed by atoms with Gasteiger partial charge in [-0.25, -0.2) is 0 Å². The van der Waals surface area contributed by atoms with Crippen LogP contribution in [0.1, 0.15) is 30.4 Å². The van der Waals surface area contributed by atoms with E-state index in [0.29, 0.717) is 0 Å². The molecule has 2 rings (SSSR count). The second-order valence-corrected chi connectivity index (χ2v) is 5.25. The molecule has 1 saturated carbocycles. The van der Waals surface area contributed by atoms with Gasteiger partial charge in [0.15, 0.2) is 0 Å². The van der Waals surface area contributed by atoms with Crippen molar-refractivity contribution in [3.63, 3.8) is 0 Å². The predicted molar refractivity (Wildman–Crippen MR) is 73.0 cm³/mol. The number of aryl methyl sites for hydroxylation is 1. The van der Waals surface area contributed by atoms with Gasteiger partial charge >= 0.3 is 0 Å². The first kappa shape index (κ1) is 13.4. The number of benzene rings is 1. The van der Waals surface area contributed by atoms with E-state index in [2.05, 4.69) is 19.1 Å². The highest BCUT2D eigenvalue weighted by Gasteiger charge is 2.42. The summed E-state index contributed by atoms with van der Waals surface area (Å²) in [4.78, 5) is 0. The van der Waals surface area contributed by atoms with E-state index in [1.165, 1.54) is 17.5 Å². The molecule has 3 heteroatoms. The molecule has 1 aliphatic carbocycles. The van der Waals surface area contributed by atoms with Crippen LogP contribution in [0.3, 0.4) is 0 Å². The van der Waals surface area contributed by atoms with Crippen molar-refractivity contribution in [3.05, 3.63) is 29.3 Å². The minimum absolute atomic E-state index is 0.0342. The number of methoxy groups -OCH3 is 2. The summed E-state index contributed by atoms with van der Waals surface area (Å²) in [7, 11) is 3.47. The fourth-order valence-electron chi connectivity index (χ4n) is 2.74. The lowest BCUT2D eigenvalue weighted by Gasteiger charge is -2.45. The summed E-state index contributed by atoms with van der Waals surface area (Å²) in [5, 5.41) is 0. The van der Waals surface area contributed by atoms with Crippen molar-refractivity contribution >= 4 is 0 Å². The van der Waals surface area contributed by atoms with E-state index >= 15 is 0 Å². The first-order chi connectivity index (χ1) is 8.61. The van der Waals surface area contributed by atoms with Gasteiger partial charge in [0.25, 0.3) is 0 Å². The van der Waals surface area contributed by atoms with Crippen LogP contribution in [0.2, 0.25) is 0 Å². The molecule has 0 bridgehead atoms. The minimum atomic E-state index is -0.116. The molecule has 18 heavy (non-hydrogen) atoms. The molecule has 0 spiro atoms. The largest absolute Gasteiger partial charge is 0.496 e. The predicted octanol–water partition coefficient (Wildman–Crippen LogP) is 2.44. The van der Waals surface area contributed by atoms with E-state index in [1.54, 1.807) is 14.2 Å². The van der Waals surface area contributed by atoms with Gasteiger partial charge in [-0.2, -0.15) is 0 Å². The van der Waals surface area contributed by atoms with E-state index in [9.17, 15) is 0 Å². The van der Waals surface area contributed by atoms with Crippen LogP contribution in [0, 0.1) is 6.92 Å². The Kier molecular flexibility index (Phi) is 3.93. The van der Waals surface area contributed by atoms with Crippen LogP contribution in [0.25, 0.3) is 0 Å². The Hall–Kier alpha value is -1.06. The van der Waals surface area contributed by atoms with Gasteiger partial charge in [-0.15, -0.1) is 0 Å². The summed E-state index contributed by atoms with van der Waals surface area (Å²) >= 11 is 0. The Morgan fingerprint density at radius 1 is 1.33 bits per heavy atom. The number of nitrogens with two attached hydrogens (primary N) is 1. The summed E-state index contributed by atoms with van der Waals surface area (Å²) in [6.07, 6.45) is 4.16. The van der Waals surface area contributed by atoms with Crippen LogP contribution in [-0.2, 0) is 11.2 Å². The molecule has 0 radical (unpaired) electrons. The monoisotopic (exact) mass is 249 g/mol. The molecular formula is C15H23NO2. The van der Waals surface area contributed by atoms with Gasteiger partial charge in [0.05, 0.1) is 12.7 Å². The summed E-state index contributed by atoms with van der Waals surface area (Å²) in [6.45, 7) is 2.09. The Morgan fingerprint density at radius 3 is 2.56 bits per heavy atom. The van der Waals surface area contributed by atoms with E-state index < -0.39 is 0 Å². The number of hydrogen-bond donors (Lipinski definition) is 1. The molecule has 0 aliphatic heterocycles. The van der Waals surface area contributed by atoms with Crippen molar-refractivity contribution in [2.45, 2.75) is 44.2 Å². The normalized spacial score (nSPS) is 19.1. The maximum Gasteiger partial charge on any atom is 0.122 e. The highest BCUT2D eigenvalue weighted by Crippen LogP contribution is 2.39. The molecule has 100 valence electrons. The molecular weight excluding hydrogens is 226 g/mol. The smallest absolute Gasteiger partial charge is 0.122 e. The van der Waals surface area contributed by atoms with Gasteiger partial charge in [0.1, 0.15) is 5.75 Å². The van der Waals surface area contributed by atoms with E-state index in [4.69, 9.17) is 15.2 Å². The zero-order chi connectivity index (χ0) is 13.2. The third-order valence-electron chi connectivity index (χ3n) is 4.16. The van der Waals surface area contributed by atoms with Gasteiger partial charge in [0, 0.05) is 13.2 Å². The van der Waals surface area contributed by atoms with E-state index in [1.807, 2.05) is 6.07 Å². The second-order valence-electron chi connectivity index (χ2n) is 5.25. The van der Waals surface area contributed by atoms with Gasteiger partial charge < -0.3 is 15.2 Å². The van der Waals surface area contributed by atoms with E-state index in [0.717, 1.165) is 25.0 Å². The Balaban J connectivity index is 2.15. The summed E-state index contributed by atoms with van der Waals surface area (Å²) < 4.78 is 11.0. The zero-order valence-corrected chi connectivity index (χ0v) is 11.5. The SMILES string of the molecule is COc1ccc(C)cc1CC(N)C1(OC)CCC1. The van der Waals surface area contributed by atoms with Crippen LogP contribution < -0.4 is 10.5 Å². The van der Waals surface area contributed by atoms with Crippen molar-refractivity contribution in [2.75, 3.05) is 14.2 Å². The van der Waals surface area contributed by atoms with Crippen molar-refractivity contribution in [1.82, 2.24) is 0 Å². The van der Waals surface area contributed by atoms with Gasteiger partial charge in [-0.05, 0) is 44.2 Å². The average molecular weight is 249 g/mol. The molecule has 1 aromatic rings. The molecule has 3 nitrogen and oxygen atoms in total. The van der Waals surface area contributed by atoms with Gasteiger partial charge in [-0.1, -0.05) is 17.7 Å². The summed E-state index contributed by atoms with van der Waals surface area (Å²) in [6, 6.07) is 6.26. The maximum atomic E-state index is 6.35. The van der Waals surface area contributed by atoms with Crippen LogP contribution >= 0.6 is 0 Å². The Labute approximate surface area is 109 Å². The highest BCUT2D eigenvalue weighted by atomic mass is 16.5. The first-order valence-electron chi connectivity index (χ1n) is 6.55.